The van der Waals surface area contributed by atoms with Crippen molar-refractivity contribution in [2.45, 2.75) is 39.7 Å². The number of esters is 1. The Morgan fingerprint density at radius 1 is 0.846 bits per heavy atom. The van der Waals surface area contributed by atoms with Crippen LogP contribution in [-0.2, 0) is 20.7 Å². The van der Waals surface area contributed by atoms with E-state index in [2.05, 4.69) is 10.6 Å². The number of Topliss-reactive ketones (excluding diaryl/α,β-unsaturated/α-hetero) is 1. The molecule has 0 bridgehead atoms. The first-order valence-corrected chi connectivity index (χ1v) is 13.2. The molecule has 0 amide bonds. The number of ketones is 2. The van der Waals surface area contributed by atoms with Gasteiger partial charge in [0.25, 0.3) is 0 Å². The van der Waals surface area contributed by atoms with Crippen LogP contribution in [0.25, 0.3) is 0 Å². The molecule has 0 aliphatic carbocycles. The molecule has 7 nitrogen and oxygen atoms in total. The lowest BCUT2D eigenvalue weighted by Gasteiger charge is -2.20. The number of carbonyl (C=O) groups is 3. The van der Waals surface area contributed by atoms with Gasteiger partial charge in [-0.2, -0.15) is 0 Å². The van der Waals surface area contributed by atoms with Gasteiger partial charge in [-0.1, -0.05) is 75.4 Å². The number of hydrogen-bond donors (Lipinski definition) is 2. The number of nitrogens with one attached hydrogen (secondary N) is 2. The average Bonchev–Trinajstić information content (AvgIpc) is 2.94. The number of rotatable bonds is 14. The van der Waals surface area contributed by atoms with Crippen molar-refractivity contribution in [1.82, 2.24) is 5.32 Å². The van der Waals surface area contributed by atoms with Crippen molar-refractivity contribution in [2.75, 3.05) is 32.1 Å². The third kappa shape index (κ3) is 9.07. The SMILES string of the molecule is COC(=O)[C@H](Cc1ccc(OCCNCCC(=O)C(C)(C)C)cc1)Nc1ccccc1C(=O)c1ccccc1. The van der Waals surface area contributed by atoms with E-state index in [1.807, 2.05) is 69.3 Å². The van der Waals surface area contributed by atoms with Crippen LogP contribution in [0.2, 0.25) is 0 Å². The van der Waals surface area contributed by atoms with E-state index in [4.69, 9.17) is 9.47 Å². The number of carbonyl (C=O) groups excluding carboxylic acids is 3. The van der Waals surface area contributed by atoms with E-state index in [0.29, 0.717) is 55.1 Å². The van der Waals surface area contributed by atoms with Crippen LogP contribution in [-0.4, -0.2) is 50.4 Å². The van der Waals surface area contributed by atoms with Crippen molar-refractivity contribution in [3.8, 4) is 5.75 Å². The number of para-hydroxylation sites is 1. The monoisotopic (exact) mass is 530 g/mol. The van der Waals surface area contributed by atoms with E-state index in [0.717, 1.165) is 5.56 Å². The molecule has 3 aromatic rings. The van der Waals surface area contributed by atoms with Crippen LogP contribution >= 0.6 is 0 Å². The van der Waals surface area contributed by atoms with E-state index >= 15 is 0 Å². The van der Waals surface area contributed by atoms with Gasteiger partial charge in [0.1, 0.15) is 24.2 Å². The third-order valence-electron chi connectivity index (χ3n) is 6.30. The molecule has 3 aromatic carbocycles. The van der Waals surface area contributed by atoms with Crippen LogP contribution in [0.1, 0.15) is 48.7 Å². The van der Waals surface area contributed by atoms with Gasteiger partial charge in [-0.25, -0.2) is 4.79 Å². The van der Waals surface area contributed by atoms with Crippen molar-refractivity contribution in [3.05, 3.63) is 95.6 Å². The Bertz CT molecular complexity index is 1230. The van der Waals surface area contributed by atoms with E-state index in [-0.39, 0.29) is 17.0 Å². The van der Waals surface area contributed by atoms with Crippen LogP contribution in [0.3, 0.4) is 0 Å². The number of ether oxygens (including phenoxy) is 2. The van der Waals surface area contributed by atoms with Gasteiger partial charge < -0.3 is 20.1 Å². The lowest BCUT2D eigenvalue weighted by atomic mass is 9.89. The highest BCUT2D eigenvalue weighted by molar-refractivity contribution is 6.12. The van der Waals surface area contributed by atoms with Crippen molar-refractivity contribution >= 4 is 23.2 Å². The van der Waals surface area contributed by atoms with E-state index in [1.165, 1.54) is 7.11 Å². The maximum absolute atomic E-state index is 13.1. The molecule has 0 saturated carbocycles. The fourth-order valence-electron chi connectivity index (χ4n) is 3.98. The highest BCUT2D eigenvalue weighted by Crippen LogP contribution is 2.22. The summed E-state index contributed by atoms with van der Waals surface area (Å²) in [4.78, 5) is 37.7. The first-order valence-electron chi connectivity index (χ1n) is 13.2. The van der Waals surface area contributed by atoms with Crippen LogP contribution in [0, 0.1) is 5.41 Å². The number of methoxy groups -OCH3 is 1. The molecule has 0 fully saturated rings. The summed E-state index contributed by atoms with van der Waals surface area (Å²) in [5.74, 6) is 0.401. The fourth-order valence-corrected chi connectivity index (χ4v) is 3.98. The average molecular weight is 531 g/mol. The first kappa shape index (κ1) is 29.6. The van der Waals surface area contributed by atoms with E-state index in [9.17, 15) is 14.4 Å². The van der Waals surface area contributed by atoms with Crippen LogP contribution < -0.4 is 15.4 Å². The largest absolute Gasteiger partial charge is 0.492 e. The standard InChI is InChI=1S/C32H38N2O5/c1-32(2,3)29(35)18-19-33-20-21-39-25-16-14-23(15-17-25)22-28(31(37)38-4)34-27-13-9-8-12-26(27)30(36)24-10-6-5-7-11-24/h5-17,28,33-34H,18-22H2,1-4H3/t28-/m0/s1. The molecular weight excluding hydrogens is 492 g/mol. The molecule has 1 atom stereocenters. The molecule has 0 heterocycles. The predicted octanol–water partition coefficient (Wildman–Crippen LogP) is 5.09. The Morgan fingerprint density at radius 3 is 2.18 bits per heavy atom. The summed E-state index contributed by atoms with van der Waals surface area (Å²) in [5, 5.41) is 6.46. The Hall–Kier alpha value is -3.97. The Kier molecular flexibility index (Phi) is 10.8. The second-order valence-electron chi connectivity index (χ2n) is 10.3. The molecule has 0 saturated heterocycles. The number of hydrogen-bond acceptors (Lipinski definition) is 7. The third-order valence-corrected chi connectivity index (χ3v) is 6.30. The molecule has 0 spiro atoms. The summed E-state index contributed by atoms with van der Waals surface area (Å²) in [6.07, 6.45) is 0.864. The predicted molar refractivity (Wildman–Crippen MR) is 153 cm³/mol. The minimum Gasteiger partial charge on any atom is -0.492 e. The summed E-state index contributed by atoms with van der Waals surface area (Å²) >= 11 is 0. The number of anilines is 1. The zero-order valence-corrected chi connectivity index (χ0v) is 23.2. The normalized spacial score (nSPS) is 11.9. The van der Waals surface area contributed by atoms with Crippen molar-refractivity contribution in [3.63, 3.8) is 0 Å². The van der Waals surface area contributed by atoms with Gasteiger partial charge in [0.2, 0.25) is 0 Å². The zero-order valence-electron chi connectivity index (χ0n) is 23.2. The quantitative estimate of drug-likeness (QED) is 0.170. The summed E-state index contributed by atoms with van der Waals surface area (Å²) in [6, 6.07) is 23.0. The highest BCUT2D eigenvalue weighted by Gasteiger charge is 2.23. The van der Waals surface area contributed by atoms with Crippen LogP contribution in [0.4, 0.5) is 5.69 Å². The molecule has 0 aromatic heterocycles. The Balaban J connectivity index is 1.57. The lowest BCUT2D eigenvalue weighted by molar-refractivity contribution is -0.141. The summed E-state index contributed by atoms with van der Waals surface area (Å²) < 4.78 is 10.8. The topological polar surface area (TPSA) is 93.7 Å². The molecule has 2 N–H and O–H groups in total. The van der Waals surface area contributed by atoms with E-state index < -0.39 is 12.0 Å². The first-order chi connectivity index (χ1) is 18.7. The lowest BCUT2D eigenvalue weighted by Crippen LogP contribution is -2.33. The van der Waals surface area contributed by atoms with E-state index in [1.54, 1.807) is 30.3 Å². The molecule has 7 heteroatoms. The van der Waals surface area contributed by atoms with Crippen LogP contribution in [0.5, 0.6) is 5.75 Å². The molecule has 3 rings (SSSR count). The zero-order chi connectivity index (χ0) is 28.3. The van der Waals surface area contributed by atoms with Gasteiger partial charge in [-0.3, -0.25) is 9.59 Å². The fraction of sp³-hybridized carbons (Fsp3) is 0.344. The molecule has 0 unspecified atom stereocenters. The molecule has 0 aliphatic rings. The Labute approximate surface area is 230 Å². The maximum atomic E-state index is 13.1. The number of benzene rings is 3. The molecular formula is C32H38N2O5. The van der Waals surface area contributed by atoms with Gasteiger partial charge in [0.15, 0.2) is 5.78 Å². The Morgan fingerprint density at radius 2 is 1.51 bits per heavy atom. The van der Waals surface area contributed by atoms with Crippen molar-refractivity contribution in [2.24, 2.45) is 5.41 Å². The van der Waals surface area contributed by atoms with Crippen molar-refractivity contribution in [1.29, 1.82) is 0 Å². The maximum Gasteiger partial charge on any atom is 0.328 e. The summed E-state index contributed by atoms with van der Waals surface area (Å²) in [7, 11) is 1.35. The second-order valence-corrected chi connectivity index (χ2v) is 10.3. The summed E-state index contributed by atoms with van der Waals surface area (Å²) in [6.45, 7) is 7.52. The van der Waals surface area contributed by atoms with Gasteiger partial charge in [0.05, 0.1) is 7.11 Å². The van der Waals surface area contributed by atoms with Crippen molar-refractivity contribution < 1.29 is 23.9 Å². The minimum atomic E-state index is -0.688. The highest BCUT2D eigenvalue weighted by atomic mass is 16.5. The van der Waals surface area contributed by atoms with Gasteiger partial charge in [0, 0.05) is 48.2 Å². The minimum absolute atomic E-state index is 0.126. The van der Waals surface area contributed by atoms with Crippen LogP contribution in [0.15, 0.2) is 78.9 Å². The second kappa shape index (κ2) is 14.3. The molecule has 0 aliphatic heterocycles. The smallest absolute Gasteiger partial charge is 0.328 e. The van der Waals surface area contributed by atoms with Gasteiger partial charge >= 0.3 is 5.97 Å². The molecule has 0 radical (unpaired) electrons. The molecule has 39 heavy (non-hydrogen) atoms. The molecule has 206 valence electrons. The summed E-state index contributed by atoms with van der Waals surface area (Å²) in [5.41, 5.74) is 2.23. The van der Waals surface area contributed by atoms with Gasteiger partial charge in [-0.15, -0.1) is 0 Å². The van der Waals surface area contributed by atoms with Gasteiger partial charge in [-0.05, 0) is 29.8 Å².